The van der Waals surface area contributed by atoms with Crippen LogP contribution in [0.25, 0.3) is 0 Å². The van der Waals surface area contributed by atoms with Crippen LogP contribution in [-0.4, -0.2) is 41.4 Å². The molecule has 1 aromatic rings. The van der Waals surface area contributed by atoms with Gasteiger partial charge >= 0.3 is 5.97 Å². The van der Waals surface area contributed by atoms with Gasteiger partial charge in [-0.25, -0.2) is 0 Å². The smallest absolute Gasteiger partial charge is 0.309 e. The molecular weight excluding hydrogens is 270 g/mol. The molecule has 0 aliphatic carbocycles. The molecule has 4 heteroatoms. The van der Waals surface area contributed by atoms with Gasteiger partial charge < -0.3 is 10.0 Å². The van der Waals surface area contributed by atoms with Crippen molar-refractivity contribution in [1.82, 2.24) is 4.90 Å². The molecule has 1 aromatic carbocycles. The zero-order valence-electron chi connectivity index (χ0n) is 12.3. The lowest BCUT2D eigenvalue weighted by Gasteiger charge is -2.36. The molecule has 0 unspecified atom stereocenters. The Morgan fingerprint density at radius 1 is 1.30 bits per heavy atom. The number of piperidine rings is 1. The molecule has 2 rings (SSSR count). The molecule has 1 N–H and O–H groups in total. The number of carbonyl (C=O) groups is 1. The highest BCUT2D eigenvalue weighted by molar-refractivity contribution is 7.99. The van der Waals surface area contributed by atoms with Gasteiger partial charge in [0, 0.05) is 17.2 Å². The number of nitrogens with zero attached hydrogens (tertiary/aromatic N) is 1. The van der Waals surface area contributed by atoms with Gasteiger partial charge in [0.05, 0.1) is 5.41 Å². The van der Waals surface area contributed by atoms with E-state index in [1.165, 1.54) is 10.5 Å². The van der Waals surface area contributed by atoms with Crippen LogP contribution in [0.15, 0.2) is 29.2 Å². The highest BCUT2D eigenvalue weighted by Crippen LogP contribution is 2.31. The lowest BCUT2D eigenvalue weighted by atomic mass is 9.80. The normalized spacial score (nSPS) is 18.9. The second kappa shape index (κ2) is 6.64. The van der Waals surface area contributed by atoms with E-state index in [-0.39, 0.29) is 0 Å². The molecular formula is C16H23NO2S. The largest absolute Gasteiger partial charge is 0.481 e. The molecule has 0 amide bonds. The number of rotatable bonds is 5. The fourth-order valence-electron chi connectivity index (χ4n) is 2.41. The Bertz CT molecular complexity index is 450. The summed E-state index contributed by atoms with van der Waals surface area (Å²) in [7, 11) is 0. The number of aliphatic carboxylic acids is 1. The van der Waals surface area contributed by atoms with Crippen molar-refractivity contribution in [2.75, 3.05) is 25.4 Å². The molecule has 110 valence electrons. The minimum atomic E-state index is -0.647. The van der Waals surface area contributed by atoms with E-state index in [2.05, 4.69) is 36.1 Å². The number of benzene rings is 1. The second-order valence-corrected chi connectivity index (χ2v) is 7.04. The third kappa shape index (κ3) is 4.00. The molecule has 0 aromatic heterocycles. The number of likely N-dealkylation sites (tertiary alicyclic amines) is 1. The molecule has 0 atom stereocenters. The molecule has 3 nitrogen and oxygen atoms in total. The highest BCUT2D eigenvalue weighted by atomic mass is 32.2. The first-order valence-corrected chi connectivity index (χ1v) is 8.13. The molecule has 0 bridgehead atoms. The number of hydrogen-bond donors (Lipinski definition) is 1. The quantitative estimate of drug-likeness (QED) is 0.846. The number of hydrogen-bond acceptors (Lipinski definition) is 3. The van der Waals surface area contributed by atoms with Crippen LogP contribution in [0.3, 0.4) is 0 Å². The molecule has 1 fully saturated rings. The summed E-state index contributed by atoms with van der Waals surface area (Å²) >= 11 is 1.87. The molecule has 1 aliphatic rings. The molecule has 1 heterocycles. The van der Waals surface area contributed by atoms with Gasteiger partial charge in [-0.15, -0.1) is 11.8 Å². The van der Waals surface area contributed by atoms with E-state index >= 15 is 0 Å². The molecule has 20 heavy (non-hydrogen) atoms. The zero-order chi connectivity index (χ0) is 14.6. The van der Waals surface area contributed by atoms with E-state index in [4.69, 9.17) is 0 Å². The van der Waals surface area contributed by atoms with Crippen LogP contribution < -0.4 is 0 Å². The van der Waals surface area contributed by atoms with Crippen molar-refractivity contribution in [3.05, 3.63) is 29.8 Å². The van der Waals surface area contributed by atoms with Gasteiger partial charge in [-0.2, -0.15) is 0 Å². The Labute approximate surface area is 125 Å². The van der Waals surface area contributed by atoms with E-state index in [9.17, 15) is 9.90 Å². The Balaban J connectivity index is 1.71. The zero-order valence-corrected chi connectivity index (χ0v) is 13.1. The summed E-state index contributed by atoms with van der Waals surface area (Å²) in [4.78, 5) is 14.9. The van der Waals surface area contributed by atoms with Gasteiger partial charge in [0.15, 0.2) is 0 Å². The minimum absolute atomic E-state index is 0.513. The van der Waals surface area contributed by atoms with Crippen LogP contribution in [0.1, 0.15) is 25.3 Å². The lowest BCUT2D eigenvalue weighted by Crippen LogP contribution is -2.43. The summed E-state index contributed by atoms with van der Waals surface area (Å²) in [6, 6.07) is 8.61. The third-order valence-electron chi connectivity index (χ3n) is 4.17. The number of carboxylic acid groups (broad SMARTS) is 1. The van der Waals surface area contributed by atoms with E-state index in [1.54, 1.807) is 0 Å². The van der Waals surface area contributed by atoms with Crippen molar-refractivity contribution in [3.8, 4) is 0 Å². The first-order chi connectivity index (χ1) is 9.49. The Hall–Kier alpha value is -1.00. The fraction of sp³-hybridized carbons (Fsp3) is 0.562. The van der Waals surface area contributed by atoms with Gasteiger partial charge in [-0.1, -0.05) is 17.7 Å². The SMILES string of the molecule is Cc1ccc(SCCN2CCC(C)(C(=O)O)CC2)cc1. The van der Waals surface area contributed by atoms with Gasteiger partial charge in [-0.05, 0) is 51.9 Å². The lowest BCUT2D eigenvalue weighted by molar-refractivity contribution is -0.150. The van der Waals surface area contributed by atoms with Gasteiger partial charge in [-0.3, -0.25) is 4.79 Å². The summed E-state index contributed by atoms with van der Waals surface area (Å²) in [5, 5.41) is 9.21. The molecule has 0 radical (unpaired) electrons. The van der Waals surface area contributed by atoms with Crippen molar-refractivity contribution in [3.63, 3.8) is 0 Å². The van der Waals surface area contributed by atoms with Gasteiger partial charge in [0.2, 0.25) is 0 Å². The fourth-order valence-corrected chi connectivity index (χ4v) is 3.32. The van der Waals surface area contributed by atoms with Gasteiger partial charge in [0.25, 0.3) is 0 Å². The maximum Gasteiger partial charge on any atom is 0.309 e. The van der Waals surface area contributed by atoms with E-state index in [0.717, 1.165) is 38.2 Å². The van der Waals surface area contributed by atoms with Crippen molar-refractivity contribution in [2.24, 2.45) is 5.41 Å². The Morgan fingerprint density at radius 3 is 2.45 bits per heavy atom. The first-order valence-electron chi connectivity index (χ1n) is 7.15. The Morgan fingerprint density at radius 2 is 1.90 bits per heavy atom. The van der Waals surface area contributed by atoms with Crippen molar-refractivity contribution in [1.29, 1.82) is 0 Å². The average Bonchev–Trinajstić information content (AvgIpc) is 2.43. The van der Waals surface area contributed by atoms with Crippen molar-refractivity contribution in [2.45, 2.75) is 31.6 Å². The topological polar surface area (TPSA) is 40.5 Å². The number of aryl methyl sites for hydroxylation is 1. The predicted octanol–water partition coefficient (Wildman–Crippen LogP) is 3.27. The van der Waals surface area contributed by atoms with Crippen LogP contribution in [0.2, 0.25) is 0 Å². The highest BCUT2D eigenvalue weighted by Gasteiger charge is 2.36. The van der Waals surface area contributed by atoms with Crippen LogP contribution in [0.4, 0.5) is 0 Å². The molecule has 1 saturated heterocycles. The van der Waals surface area contributed by atoms with E-state index < -0.39 is 11.4 Å². The predicted molar refractivity (Wildman–Crippen MR) is 83.3 cm³/mol. The first kappa shape index (κ1) is 15.4. The van der Waals surface area contributed by atoms with E-state index in [1.807, 2.05) is 18.7 Å². The van der Waals surface area contributed by atoms with Crippen LogP contribution in [0.5, 0.6) is 0 Å². The maximum atomic E-state index is 11.2. The van der Waals surface area contributed by atoms with Crippen LogP contribution >= 0.6 is 11.8 Å². The summed E-state index contributed by atoms with van der Waals surface area (Å²) in [6.07, 6.45) is 1.52. The van der Waals surface area contributed by atoms with Crippen molar-refractivity contribution >= 4 is 17.7 Å². The minimum Gasteiger partial charge on any atom is -0.481 e. The molecule has 0 saturated carbocycles. The standard InChI is InChI=1S/C16H23NO2S/c1-13-3-5-14(6-4-13)20-12-11-17-9-7-16(2,8-10-17)15(18)19/h3-6H,7-12H2,1-2H3,(H,18,19). The average molecular weight is 293 g/mol. The van der Waals surface area contributed by atoms with E-state index in [0.29, 0.717) is 0 Å². The summed E-state index contributed by atoms with van der Waals surface area (Å²) in [5.41, 5.74) is 0.777. The maximum absolute atomic E-state index is 11.2. The van der Waals surface area contributed by atoms with Crippen molar-refractivity contribution < 1.29 is 9.90 Å². The summed E-state index contributed by atoms with van der Waals surface area (Å²) in [5.74, 6) is 0.415. The monoisotopic (exact) mass is 293 g/mol. The number of carboxylic acids is 1. The Kier molecular flexibility index (Phi) is 5.11. The number of thioether (sulfide) groups is 1. The molecule has 0 spiro atoms. The summed E-state index contributed by atoms with van der Waals surface area (Å²) < 4.78 is 0. The van der Waals surface area contributed by atoms with Crippen LogP contribution in [-0.2, 0) is 4.79 Å². The van der Waals surface area contributed by atoms with Crippen LogP contribution in [0, 0.1) is 12.3 Å². The molecule has 1 aliphatic heterocycles. The summed E-state index contributed by atoms with van der Waals surface area (Å²) in [6.45, 7) is 6.80. The third-order valence-corrected chi connectivity index (χ3v) is 5.17. The second-order valence-electron chi connectivity index (χ2n) is 5.87. The van der Waals surface area contributed by atoms with Gasteiger partial charge in [0.1, 0.15) is 0 Å².